The quantitative estimate of drug-likeness (QED) is 0.781. The Morgan fingerprint density at radius 2 is 2.17 bits per heavy atom. The van der Waals surface area contributed by atoms with Crippen LogP contribution in [0.4, 0.5) is 0 Å². The number of aliphatic hydroxyl groups is 1. The molecule has 1 atom stereocenters. The Labute approximate surface area is 142 Å². The summed E-state index contributed by atoms with van der Waals surface area (Å²) in [5.41, 5.74) is 2.44. The second kappa shape index (κ2) is 9.03. The van der Waals surface area contributed by atoms with E-state index in [-0.39, 0.29) is 12.0 Å². The molecule has 5 heteroatoms. The van der Waals surface area contributed by atoms with Crippen LogP contribution in [0.5, 0.6) is 5.75 Å². The van der Waals surface area contributed by atoms with Gasteiger partial charge < -0.3 is 15.2 Å². The smallest absolute Gasteiger partial charge is 0.251 e. The number of rotatable bonds is 8. The summed E-state index contributed by atoms with van der Waals surface area (Å²) in [5, 5.41) is 12.3. The zero-order chi connectivity index (χ0) is 17.4. The SMILES string of the molecule is CCC(O)CCNC(=O)c1cccc(COc2ccc(C)nc2)c1. The Morgan fingerprint density at radius 3 is 2.88 bits per heavy atom. The number of aromatic nitrogens is 1. The van der Waals surface area contributed by atoms with Gasteiger partial charge in [0.05, 0.1) is 12.3 Å². The van der Waals surface area contributed by atoms with Crippen LogP contribution in [-0.4, -0.2) is 28.6 Å². The van der Waals surface area contributed by atoms with Crippen molar-refractivity contribution in [2.75, 3.05) is 6.54 Å². The molecule has 0 spiro atoms. The summed E-state index contributed by atoms with van der Waals surface area (Å²) in [6.07, 6.45) is 2.57. The molecule has 0 radical (unpaired) electrons. The first-order valence-corrected chi connectivity index (χ1v) is 8.19. The summed E-state index contributed by atoms with van der Waals surface area (Å²) in [7, 11) is 0. The summed E-state index contributed by atoms with van der Waals surface area (Å²) in [4.78, 5) is 16.3. The molecule has 0 aliphatic rings. The van der Waals surface area contributed by atoms with Gasteiger partial charge in [-0.1, -0.05) is 19.1 Å². The summed E-state index contributed by atoms with van der Waals surface area (Å²) in [6, 6.07) is 11.1. The number of aliphatic hydroxyl groups excluding tert-OH is 1. The highest BCUT2D eigenvalue weighted by Gasteiger charge is 2.07. The molecule has 1 aromatic heterocycles. The second-order valence-corrected chi connectivity index (χ2v) is 5.73. The number of hydrogen-bond donors (Lipinski definition) is 2. The molecule has 0 saturated carbocycles. The van der Waals surface area contributed by atoms with Crippen LogP contribution >= 0.6 is 0 Å². The fourth-order valence-electron chi connectivity index (χ4n) is 2.17. The van der Waals surface area contributed by atoms with Crippen molar-refractivity contribution in [3.63, 3.8) is 0 Å². The van der Waals surface area contributed by atoms with Crippen LogP contribution in [0.1, 0.15) is 41.4 Å². The first-order valence-electron chi connectivity index (χ1n) is 8.19. The number of hydrogen-bond acceptors (Lipinski definition) is 4. The number of aryl methyl sites for hydroxylation is 1. The largest absolute Gasteiger partial charge is 0.487 e. The number of carbonyl (C=O) groups excluding carboxylic acids is 1. The molecule has 1 amide bonds. The maximum Gasteiger partial charge on any atom is 0.251 e. The van der Waals surface area contributed by atoms with Crippen molar-refractivity contribution >= 4 is 5.91 Å². The molecule has 2 N–H and O–H groups in total. The van der Waals surface area contributed by atoms with Gasteiger partial charge in [0.15, 0.2) is 0 Å². The lowest BCUT2D eigenvalue weighted by Crippen LogP contribution is -2.27. The van der Waals surface area contributed by atoms with E-state index in [0.717, 1.165) is 11.3 Å². The van der Waals surface area contributed by atoms with Gasteiger partial charge in [0.25, 0.3) is 5.91 Å². The Bertz CT molecular complexity index is 656. The monoisotopic (exact) mass is 328 g/mol. The fourth-order valence-corrected chi connectivity index (χ4v) is 2.17. The van der Waals surface area contributed by atoms with Gasteiger partial charge in [-0.15, -0.1) is 0 Å². The van der Waals surface area contributed by atoms with Crippen molar-refractivity contribution in [3.05, 3.63) is 59.4 Å². The predicted octanol–water partition coefficient (Wildman–Crippen LogP) is 2.86. The molecule has 1 heterocycles. The highest BCUT2D eigenvalue weighted by atomic mass is 16.5. The van der Waals surface area contributed by atoms with E-state index in [4.69, 9.17) is 4.74 Å². The number of nitrogens with zero attached hydrogens (tertiary/aromatic N) is 1. The molecule has 0 aliphatic carbocycles. The van der Waals surface area contributed by atoms with Gasteiger partial charge in [-0.2, -0.15) is 0 Å². The fraction of sp³-hybridized carbons (Fsp3) is 0.368. The van der Waals surface area contributed by atoms with E-state index in [9.17, 15) is 9.90 Å². The van der Waals surface area contributed by atoms with Crippen LogP contribution in [0.15, 0.2) is 42.6 Å². The van der Waals surface area contributed by atoms with Gasteiger partial charge in [-0.3, -0.25) is 9.78 Å². The van der Waals surface area contributed by atoms with Gasteiger partial charge in [-0.05, 0) is 49.6 Å². The minimum atomic E-state index is -0.367. The Hall–Kier alpha value is -2.40. The van der Waals surface area contributed by atoms with Crippen molar-refractivity contribution in [2.45, 2.75) is 39.4 Å². The van der Waals surface area contributed by atoms with Gasteiger partial charge in [0.2, 0.25) is 0 Å². The van der Waals surface area contributed by atoms with Gasteiger partial charge in [0.1, 0.15) is 12.4 Å². The van der Waals surface area contributed by atoms with E-state index in [2.05, 4.69) is 10.3 Å². The molecule has 2 aromatic rings. The molecule has 0 bridgehead atoms. The molecule has 0 fully saturated rings. The van der Waals surface area contributed by atoms with E-state index in [0.29, 0.717) is 37.3 Å². The standard InChI is InChI=1S/C19H24N2O3/c1-3-17(22)9-10-20-19(23)16-6-4-5-15(11-16)13-24-18-8-7-14(2)21-12-18/h4-8,11-12,17,22H,3,9-10,13H2,1-2H3,(H,20,23). The van der Waals surface area contributed by atoms with Crippen molar-refractivity contribution in [1.29, 1.82) is 0 Å². The lowest BCUT2D eigenvalue weighted by atomic mass is 10.1. The summed E-state index contributed by atoms with van der Waals surface area (Å²) >= 11 is 0. The molecule has 2 rings (SSSR count). The summed E-state index contributed by atoms with van der Waals surface area (Å²) < 4.78 is 5.68. The van der Waals surface area contributed by atoms with E-state index in [1.54, 1.807) is 12.3 Å². The molecule has 0 aliphatic heterocycles. The second-order valence-electron chi connectivity index (χ2n) is 5.73. The van der Waals surface area contributed by atoms with Crippen molar-refractivity contribution < 1.29 is 14.6 Å². The summed E-state index contributed by atoms with van der Waals surface area (Å²) in [6.45, 7) is 4.68. The molecule has 24 heavy (non-hydrogen) atoms. The normalized spacial score (nSPS) is 11.8. The highest BCUT2D eigenvalue weighted by Crippen LogP contribution is 2.13. The van der Waals surface area contributed by atoms with Crippen LogP contribution in [0.3, 0.4) is 0 Å². The average molecular weight is 328 g/mol. The topological polar surface area (TPSA) is 71.5 Å². The van der Waals surface area contributed by atoms with Crippen molar-refractivity contribution in [2.24, 2.45) is 0 Å². The minimum absolute atomic E-state index is 0.142. The van der Waals surface area contributed by atoms with Gasteiger partial charge in [-0.25, -0.2) is 0 Å². The van der Waals surface area contributed by atoms with E-state index in [1.807, 2.05) is 44.2 Å². The number of ether oxygens (including phenoxy) is 1. The zero-order valence-corrected chi connectivity index (χ0v) is 14.2. The van der Waals surface area contributed by atoms with Crippen LogP contribution in [0.25, 0.3) is 0 Å². The third kappa shape index (κ3) is 5.66. The number of nitrogens with one attached hydrogen (secondary N) is 1. The van der Waals surface area contributed by atoms with Gasteiger partial charge >= 0.3 is 0 Å². The molecule has 5 nitrogen and oxygen atoms in total. The maximum atomic E-state index is 12.1. The third-order valence-corrected chi connectivity index (χ3v) is 3.71. The molecular formula is C19H24N2O3. The molecule has 1 unspecified atom stereocenters. The van der Waals surface area contributed by atoms with Crippen LogP contribution in [0.2, 0.25) is 0 Å². The Balaban J connectivity index is 1.88. The molecule has 1 aromatic carbocycles. The van der Waals surface area contributed by atoms with E-state index >= 15 is 0 Å². The number of carbonyl (C=O) groups is 1. The van der Waals surface area contributed by atoms with Crippen LogP contribution in [-0.2, 0) is 6.61 Å². The first-order chi connectivity index (χ1) is 11.6. The minimum Gasteiger partial charge on any atom is -0.487 e. The Kier molecular flexibility index (Phi) is 6.75. The lowest BCUT2D eigenvalue weighted by molar-refractivity contribution is 0.0942. The van der Waals surface area contributed by atoms with Crippen LogP contribution < -0.4 is 10.1 Å². The van der Waals surface area contributed by atoms with E-state index in [1.165, 1.54) is 0 Å². The predicted molar refractivity (Wildman–Crippen MR) is 93.0 cm³/mol. The maximum absolute atomic E-state index is 12.1. The van der Waals surface area contributed by atoms with Crippen molar-refractivity contribution in [3.8, 4) is 5.75 Å². The molecular weight excluding hydrogens is 304 g/mol. The average Bonchev–Trinajstić information content (AvgIpc) is 2.61. The number of amides is 1. The molecule has 0 saturated heterocycles. The van der Waals surface area contributed by atoms with E-state index < -0.39 is 0 Å². The highest BCUT2D eigenvalue weighted by molar-refractivity contribution is 5.94. The Morgan fingerprint density at radius 1 is 1.33 bits per heavy atom. The number of benzene rings is 1. The summed E-state index contributed by atoms with van der Waals surface area (Å²) in [5.74, 6) is 0.557. The van der Waals surface area contributed by atoms with Crippen molar-refractivity contribution in [1.82, 2.24) is 10.3 Å². The first kappa shape index (κ1) is 17.9. The molecule has 128 valence electrons. The lowest BCUT2D eigenvalue weighted by Gasteiger charge is -2.10. The third-order valence-electron chi connectivity index (χ3n) is 3.71. The van der Waals surface area contributed by atoms with Gasteiger partial charge in [0, 0.05) is 17.8 Å². The van der Waals surface area contributed by atoms with Crippen LogP contribution in [0, 0.1) is 6.92 Å². The zero-order valence-electron chi connectivity index (χ0n) is 14.2. The number of pyridine rings is 1.